The number of carbonyl (C=O) groups excluding carboxylic acids is 3. The van der Waals surface area contributed by atoms with E-state index in [0.29, 0.717) is 11.5 Å². The summed E-state index contributed by atoms with van der Waals surface area (Å²) in [5.74, 6) is -0.545. The quantitative estimate of drug-likeness (QED) is 0.350. The van der Waals surface area contributed by atoms with Gasteiger partial charge in [-0.2, -0.15) is 0 Å². The highest BCUT2D eigenvalue weighted by Crippen LogP contribution is 2.63. The average Bonchev–Trinajstić information content (AvgIpc) is 2.71. The number of methoxy groups -OCH3 is 1. The molecule has 28 heavy (non-hydrogen) atoms. The number of amides is 4. The van der Waals surface area contributed by atoms with E-state index < -0.39 is 24.5 Å². The number of carbonyl (C=O) groups is 3. The third-order valence-corrected chi connectivity index (χ3v) is 9.84. The Morgan fingerprint density at radius 1 is 1.18 bits per heavy atom. The molecule has 0 radical (unpaired) electrons. The summed E-state index contributed by atoms with van der Waals surface area (Å²) in [5.41, 5.74) is 0.237. The van der Waals surface area contributed by atoms with E-state index in [4.69, 9.17) is 16.3 Å². The van der Waals surface area contributed by atoms with Crippen molar-refractivity contribution < 1.29 is 23.7 Å². The fraction of sp³-hybridized carbons (Fsp3) is 0.471. The molecule has 0 fully saturated rings. The Bertz CT molecular complexity index is 747. The molecular weight excluding hydrogens is 425 g/mol. The van der Waals surface area contributed by atoms with E-state index in [1.807, 2.05) is 6.92 Å². The van der Waals surface area contributed by atoms with Gasteiger partial charge < -0.3 is 4.74 Å². The van der Waals surface area contributed by atoms with Crippen LogP contribution < -0.4 is 10.1 Å². The Hall–Kier alpha value is -1.70. The Kier molecular flexibility index (Phi) is 9.85. The monoisotopic (exact) mass is 449 g/mol. The van der Waals surface area contributed by atoms with Crippen molar-refractivity contribution in [2.75, 3.05) is 32.8 Å². The van der Waals surface area contributed by atoms with Crippen LogP contribution >= 0.6 is 29.6 Å². The first-order valence-corrected chi connectivity index (χ1v) is 12.3. The van der Waals surface area contributed by atoms with Crippen LogP contribution in [0.25, 0.3) is 0 Å². The number of halogens is 1. The molecule has 1 aromatic carbocycles. The highest BCUT2D eigenvalue weighted by atomic mass is 35.5. The van der Waals surface area contributed by atoms with Crippen LogP contribution in [-0.4, -0.2) is 60.0 Å². The maximum absolute atomic E-state index is 13.5. The largest absolute Gasteiger partial charge is 0.497 e. The molecule has 0 bridgehead atoms. The number of urea groups is 1. The zero-order valence-electron chi connectivity index (χ0n) is 16.3. The van der Waals surface area contributed by atoms with Gasteiger partial charge in [0.1, 0.15) is 11.6 Å². The minimum absolute atomic E-state index is 0.237. The molecule has 0 spiro atoms. The molecule has 1 aromatic rings. The number of alkyl halides is 1. The molecule has 0 aliphatic heterocycles. The summed E-state index contributed by atoms with van der Waals surface area (Å²) in [7, 11) is 4.12. The SMILES string of the molecule is CCCCSP(=O)(N(C)C(=O)CCl)N(C)C(=O)NC(=O)c1ccc(OC)cc1. The first kappa shape index (κ1) is 24.3. The standard InChI is InChI=1S/C17H25ClN3O5PS/c1-5-6-11-28-27(25,20(2)15(22)12-18)21(3)17(24)19-16(23)13-7-9-14(26-4)10-8-13/h7-10H,5-6,11-12H2,1-4H3,(H,19,23,24). The number of unbranched alkanes of at least 4 members (excludes halogenated alkanes) is 1. The lowest BCUT2D eigenvalue weighted by Gasteiger charge is -2.33. The summed E-state index contributed by atoms with van der Waals surface area (Å²) >= 11 is 6.59. The number of imide groups is 1. The lowest BCUT2D eigenvalue weighted by molar-refractivity contribution is -0.123. The summed E-state index contributed by atoms with van der Waals surface area (Å²) in [6, 6.07) is 5.30. The van der Waals surface area contributed by atoms with Gasteiger partial charge in [-0.3, -0.25) is 28.8 Å². The van der Waals surface area contributed by atoms with E-state index in [2.05, 4.69) is 5.32 Å². The van der Waals surface area contributed by atoms with E-state index in [-0.39, 0.29) is 11.4 Å². The molecule has 4 amide bonds. The van der Waals surface area contributed by atoms with Gasteiger partial charge in [-0.25, -0.2) is 4.79 Å². The summed E-state index contributed by atoms with van der Waals surface area (Å²) < 4.78 is 20.4. The normalized spacial score (nSPS) is 12.6. The van der Waals surface area contributed by atoms with Crippen LogP contribution in [0.4, 0.5) is 4.79 Å². The molecule has 1 unspecified atom stereocenters. The molecule has 0 aliphatic rings. The Labute approximate surface area is 174 Å². The first-order valence-electron chi connectivity index (χ1n) is 8.52. The molecule has 156 valence electrons. The topological polar surface area (TPSA) is 96.0 Å². The Morgan fingerprint density at radius 2 is 1.79 bits per heavy atom. The molecular formula is C17H25ClN3O5PS. The lowest BCUT2D eigenvalue weighted by Crippen LogP contribution is -2.42. The van der Waals surface area contributed by atoms with Crippen LogP contribution in [0.3, 0.4) is 0 Å². The summed E-state index contributed by atoms with van der Waals surface area (Å²) in [6.45, 7) is -1.68. The first-order chi connectivity index (χ1) is 13.2. The molecule has 11 heteroatoms. The van der Waals surface area contributed by atoms with Crippen LogP contribution in [0.5, 0.6) is 5.75 Å². The molecule has 8 nitrogen and oxygen atoms in total. The van der Waals surface area contributed by atoms with Crippen molar-refractivity contribution in [2.24, 2.45) is 0 Å². The predicted molar refractivity (Wildman–Crippen MR) is 112 cm³/mol. The smallest absolute Gasteiger partial charge is 0.331 e. The van der Waals surface area contributed by atoms with Gasteiger partial charge in [0.15, 0.2) is 0 Å². The maximum Gasteiger partial charge on any atom is 0.331 e. The van der Waals surface area contributed by atoms with Gasteiger partial charge in [-0.15, -0.1) is 11.6 Å². The van der Waals surface area contributed by atoms with Crippen molar-refractivity contribution in [3.8, 4) is 5.75 Å². The van der Waals surface area contributed by atoms with Gasteiger partial charge in [-0.05, 0) is 30.7 Å². The van der Waals surface area contributed by atoms with Gasteiger partial charge in [0.05, 0.1) is 7.11 Å². The van der Waals surface area contributed by atoms with Gasteiger partial charge >= 0.3 is 12.7 Å². The molecule has 1 N–H and O–H groups in total. The number of benzene rings is 1. The lowest BCUT2D eigenvalue weighted by atomic mass is 10.2. The predicted octanol–water partition coefficient (Wildman–Crippen LogP) is 3.82. The Balaban J connectivity index is 2.97. The molecule has 1 rings (SSSR count). The third-order valence-electron chi connectivity index (χ3n) is 3.86. The van der Waals surface area contributed by atoms with E-state index in [1.165, 1.54) is 33.3 Å². The number of rotatable bonds is 9. The van der Waals surface area contributed by atoms with Crippen molar-refractivity contribution in [1.82, 2.24) is 14.7 Å². The fourth-order valence-electron chi connectivity index (χ4n) is 2.04. The van der Waals surface area contributed by atoms with Gasteiger partial charge in [0.2, 0.25) is 5.91 Å². The molecule has 0 saturated carbocycles. The molecule has 0 heterocycles. The fourth-order valence-corrected chi connectivity index (χ4v) is 6.97. The second-order valence-corrected chi connectivity index (χ2v) is 11.1. The Morgan fingerprint density at radius 3 is 2.29 bits per heavy atom. The second-order valence-electron chi connectivity index (χ2n) is 5.74. The number of ether oxygens (including phenoxy) is 1. The summed E-state index contributed by atoms with van der Waals surface area (Å²) in [5, 5.41) is 2.19. The molecule has 0 saturated heterocycles. The number of hydrogen-bond acceptors (Lipinski definition) is 6. The van der Waals surface area contributed by atoms with E-state index in [0.717, 1.165) is 33.6 Å². The van der Waals surface area contributed by atoms with Crippen LogP contribution in [-0.2, 0) is 9.36 Å². The van der Waals surface area contributed by atoms with Crippen molar-refractivity contribution in [3.05, 3.63) is 29.8 Å². The minimum atomic E-state index is -3.66. The molecule has 0 aromatic heterocycles. The third kappa shape index (κ3) is 6.15. The van der Waals surface area contributed by atoms with Crippen LogP contribution in [0.2, 0.25) is 0 Å². The van der Waals surface area contributed by atoms with E-state index >= 15 is 0 Å². The summed E-state index contributed by atoms with van der Waals surface area (Å²) in [6.07, 6.45) is 1.63. The van der Waals surface area contributed by atoms with Crippen molar-refractivity contribution in [2.45, 2.75) is 19.8 Å². The second kappa shape index (κ2) is 11.3. The van der Waals surface area contributed by atoms with Crippen LogP contribution in [0.1, 0.15) is 30.1 Å². The van der Waals surface area contributed by atoms with E-state index in [1.54, 1.807) is 12.1 Å². The zero-order valence-corrected chi connectivity index (χ0v) is 18.8. The van der Waals surface area contributed by atoms with Gasteiger partial charge in [0.25, 0.3) is 5.91 Å². The van der Waals surface area contributed by atoms with E-state index in [9.17, 15) is 18.9 Å². The van der Waals surface area contributed by atoms with Crippen molar-refractivity contribution in [3.63, 3.8) is 0 Å². The van der Waals surface area contributed by atoms with Crippen LogP contribution in [0.15, 0.2) is 24.3 Å². The van der Waals surface area contributed by atoms with Crippen molar-refractivity contribution in [1.29, 1.82) is 0 Å². The average molecular weight is 450 g/mol. The summed E-state index contributed by atoms with van der Waals surface area (Å²) in [4.78, 5) is 36.9. The van der Waals surface area contributed by atoms with Crippen molar-refractivity contribution >= 4 is 47.5 Å². The number of nitrogens with one attached hydrogen (secondary N) is 1. The highest BCUT2D eigenvalue weighted by molar-refractivity contribution is 8.56. The van der Waals surface area contributed by atoms with Gasteiger partial charge in [0, 0.05) is 25.4 Å². The number of nitrogens with zero attached hydrogens (tertiary/aromatic N) is 2. The highest BCUT2D eigenvalue weighted by Gasteiger charge is 2.39. The minimum Gasteiger partial charge on any atom is -0.497 e. The number of hydrogen-bond donors (Lipinski definition) is 1. The maximum atomic E-state index is 13.5. The zero-order chi connectivity index (χ0) is 21.3. The van der Waals surface area contributed by atoms with Gasteiger partial charge in [-0.1, -0.05) is 24.7 Å². The van der Waals surface area contributed by atoms with Crippen LogP contribution in [0, 0.1) is 0 Å². The molecule has 0 aliphatic carbocycles. The molecule has 1 atom stereocenters.